The number of hydrogen-bond acceptors (Lipinski definition) is 2. The van der Waals surface area contributed by atoms with Gasteiger partial charge in [0.2, 0.25) is 0 Å². The van der Waals surface area contributed by atoms with Crippen molar-refractivity contribution in [3.05, 3.63) is 47.8 Å². The van der Waals surface area contributed by atoms with Crippen LogP contribution in [-0.2, 0) is 6.54 Å². The largest absolute Gasteiger partial charge is 0.386 e. The predicted octanol–water partition coefficient (Wildman–Crippen LogP) is 3.52. The molecular formula is C14H20ClN3. The highest BCUT2D eigenvalue weighted by Gasteiger charge is 2.02. The molecule has 98 valence electrons. The van der Waals surface area contributed by atoms with Crippen LogP contribution < -0.4 is 5.32 Å². The summed E-state index contributed by atoms with van der Waals surface area (Å²) < 4.78 is 1.95. The topological polar surface area (TPSA) is 29.9 Å². The first-order valence-electron chi connectivity index (χ1n) is 5.98. The van der Waals surface area contributed by atoms with E-state index in [0.717, 1.165) is 12.2 Å². The fourth-order valence-electron chi connectivity index (χ4n) is 1.82. The molecule has 0 unspecified atom stereocenters. The first kappa shape index (κ1) is 14.6. The molecular weight excluding hydrogens is 246 g/mol. The maximum atomic E-state index is 4.31. The van der Waals surface area contributed by atoms with Crippen LogP contribution in [0.25, 0.3) is 0 Å². The molecule has 1 N–H and O–H groups in total. The van der Waals surface area contributed by atoms with E-state index in [1.54, 1.807) is 0 Å². The molecule has 1 aromatic heterocycles. The smallest absolute Gasteiger partial charge is 0.0724 e. The number of hydrogen-bond donors (Lipinski definition) is 1. The number of rotatable bonds is 4. The van der Waals surface area contributed by atoms with Crippen molar-refractivity contribution < 1.29 is 0 Å². The van der Waals surface area contributed by atoms with Crippen molar-refractivity contribution >= 4 is 18.1 Å². The molecule has 0 aliphatic carbocycles. The fourth-order valence-corrected chi connectivity index (χ4v) is 1.82. The van der Waals surface area contributed by atoms with Crippen LogP contribution in [0.3, 0.4) is 0 Å². The van der Waals surface area contributed by atoms with Gasteiger partial charge >= 0.3 is 0 Å². The molecule has 0 atom stereocenters. The molecule has 18 heavy (non-hydrogen) atoms. The first-order valence-corrected chi connectivity index (χ1v) is 5.98. The first-order chi connectivity index (χ1) is 8.19. The summed E-state index contributed by atoms with van der Waals surface area (Å²) in [5.41, 5.74) is 3.72. The Hall–Kier alpha value is -1.48. The van der Waals surface area contributed by atoms with Gasteiger partial charge in [-0.15, -0.1) is 12.4 Å². The highest BCUT2D eigenvalue weighted by molar-refractivity contribution is 5.85. The number of aromatic nitrogens is 2. The summed E-state index contributed by atoms with van der Waals surface area (Å²) in [6.45, 7) is 5.25. The molecule has 0 saturated carbocycles. The molecule has 0 amide bonds. The van der Waals surface area contributed by atoms with Crippen LogP contribution in [0, 0.1) is 0 Å². The maximum absolute atomic E-state index is 4.31. The van der Waals surface area contributed by atoms with Crippen LogP contribution in [0.2, 0.25) is 0 Å². The molecule has 0 bridgehead atoms. The van der Waals surface area contributed by atoms with E-state index in [9.17, 15) is 0 Å². The van der Waals surface area contributed by atoms with Crippen LogP contribution in [-0.4, -0.2) is 16.8 Å². The molecule has 3 nitrogen and oxygen atoms in total. The van der Waals surface area contributed by atoms with E-state index < -0.39 is 0 Å². The summed E-state index contributed by atoms with van der Waals surface area (Å²) in [6, 6.07) is 8.70. The van der Waals surface area contributed by atoms with Crippen molar-refractivity contribution in [3.63, 3.8) is 0 Å². The standard InChI is InChI=1S/C14H19N3.ClH/c1-11(2)13-6-4-5-12(7-13)9-17-10-14(15-3)8-16-17;/h4-8,10-11,15H,9H2,1-3H3;1H. The normalized spacial score (nSPS) is 10.2. The second kappa shape index (κ2) is 6.45. The lowest BCUT2D eigenvalue weighted by Gasteiger charge is -2.08. The van der Waals surface area contributed by atoms with Gasteiger partial charge in [0.1, 0.15) is 0 Å². The summed E-state index contributed by atoms with van der Waals surface area (Å²) >= 11 is 0. The Morgan fingerprint density at radius 1 is 1.33 bits per heavy atom. The molecule has 0 spiro atoms. The van der Waals surface area contributed by atoms with Crippen molar-refractivity contribution in [2.24, 2.45) is 0 Å². The minimum atomic E-state index is 0. The molecule has 1 heterocycles. The lowest BCUT2D eigenvalue weighted by Crippen LogP contribution is -2.01. The Morgan fingerprint density at radius 3 is 2.72 bits per heavy atom. The molecule has 4 heteroatoms. The van der Waals surface area contributed by atoms with Gasteiger partial charge in [-0.1, -0.05) is 38.1 Å². The molecule has 2 rings (SSSR count). The quantitative estimate of drug-likeness (QED) is 0.917. The van der Waals surface area contributed by atoms with E-state index in [4.69, 9.17) is 0 Å². The van der Waals surface area contributed by atoms with E-state index >= 15 is 0 Å². The zero-order chi connectivity index (χ0) is 12.3. The van der Waals surface area contributed by atoms with Gasteiger partial charge in [0.05, 0.1) is 18.4 Å². The van der Waals surface area contributed by atoms with Crippen molar-refractivity contribution in [3.8, 4) is 0 Å². The van der Waals surface area contributed by atoms with E-state index in [1.165, 1.54) is 11.1 Å². The van der Waals surface area contributed by atoms with Gasteiger partial charge in [-0.3, -0.25) is 4.68 Å². The van der Waals surface area contributed by atoms with Crippen LogP contribution in [0.4, 0.5) is 5.69 Å². The number of anilines is 1. The van der Waals surface area contributed by atoms with E-state index in [-0.39, 0.29) is 12.4 Å². The third-order valence-corrected chi connectivity index (χ3v) is 2.88. The van der Waals surface area contributed by atoms with Crippen molar-refractivity contribution in [1.82, 2.24) is 9.78 Å². The molecule has 0 aliphatic heterocycles. The Labute approximate surface area is 115 Å². The lowest BCUT2D eigenvalue weighted by atomic mass is 10.0. The Kier molecular flexibility index (Phi) is 5.23. The van der Waals surface area contributed by atoms with Gasteiger partial charge in [-0.05, 0) is 17.0 Å². The number of benzene rings is 1. The van der Waals surface area contributed by atoms with Gasteiger partial charge in [0.25, 0.3) is 0 Å². The summed E-state index contributed by atoms with van der Waals surface area (Å²) in [4.78, 5) is 0. The van der Waals surface area contributed by atoms with Crippen LogP contribution in [0.1, 0.15) is 30.9 Å². The van der Waals surface area contributed by atoms with Crippen LogP contribution in [0.15, 0.2) is 36.7 Å². The SMILES string of the molecule is CNc1cnn(Cc2cccc(C(C)C)c2)c1.Cl. The van der Waals surface area contributed by atoms with Gasteiger partial charge < -0.3 is 5.32 Å². The van der Waals surface area contributed by atoms with E-state index in [1.807, 2.05) is 24.1 Å². The number of nitrogens with one attached hydrogen (secondary N) is 1. The van der Waals surface area contributed by atoms with Gasteiger partial charge in [0.15, 0.2) is 0 Å². The molecule has 0 saturated heterocycles. The highest BCUT2D eigenvalue weighted by Crippen LogP contribution is 2.16. The van der Waals surface area contributed by atoms with Crippen molar-refractivity contribution in [1.29, 1.82) is 0 Å². The monoisotopic (exact) mass is 265 g/mol. The molecule has 1 aromatic carbocycles. The third-order valence-electron chi connectivity index (χ3n) is 2.88. The van der Waals surface area contributed by atoms with Crippen LogP contribution >= 0.6 is 12.4 Å². The van der Waals surface area contributed by atoms with Crippen molar-refractivity contribution in [2.75, 3.05) is 12.4 Å². The van der Waals surface area contributed by atoms with Gasteiger partial charge in [0, 0.05) is 13.2 Å². The fraction of sp³-hybridized carbons (Fsp3) is 0.357. The second-order valence-electron chi connectivity index (χ2n) is 4.58. The third kappa shape index (κ3) is 3.50. The Bertz CT molecular complexity index is 491. The molecule has 0 aliphatic rings. The molecule has 2 aromatic rings. The van der Waals surface area contributed by atoms with E-state index in [0.29, 0.717) is 5.92 Å². The van der Waals surface area contributed by atoms with Crippen molar-refractivity contribution in [2.45, 2.75) is 26.3 Å². The minimum Gasteiger partial charge on any atom is -0.386 e. The Morgan fingerprint density at radius 2 is 2.11 bits per heavy atom. The molecule has 0 radical (unpaired) electrons. The zero-order valence-electron chi connectivity index (χ0n) is 11.1. The van der Waals surface area contributed by atoms with Gasteiger partial charge in [-0.25, -0.2) is 0 Å². The average molecular weight is 266 g/mol. The Balaban J connectivity index is 0.00000162. The van der Waals surface area contributed by atoms with Crippen LogP contribution in [0.5, 0.6) is 0 Å². The van der Waals surface area contributed by atoms with Gasteiger partial charge in [-0.2, -0.15) is 5.10 Å². The maximum Gasteiger partial charge on any atom is 0.0724 e. The summed E-state index contributed by atoms with van der Waals surface area (Å²) in [6.07, 6.45) is 3.86. The number of nitrogens with zero attached hydrogens (tertiary/aromatic N) is 2. The predicted molar refractivity (Wildman–Crippen MR) is 78.7 cm³/mol. The number of halogens is 1. The second-order valence-corrected chi connectivity index (χ2v) is 4.58. The lowest BCUT2D eigenvalue weighted by molar-refractivity contribution is 0.685. The highest BCUT2D eigenvalue weighted by atomic mass is 35.5. The minimum absolute atomic E-state index is 0. The summed E-state index contributed by atoms with van der Waals surface area (Å²) in [7, 11) is 1.90. The molecule has 0 fully saturated rings. The van der Waals surface area contributed by atoms with E-state index in [2.05, 4.69) is 48.5 Å². The zero-order valence-corrected chi connectivity index (χ0v) is 11.9. The average Bonchev–Trinajstić information content (AvgIpc) is 2.77. The summed E-state index contributed by atoms with van der Waals surface area (Å²) in [5.74, 6) is 0.570. The summed E-state index contributed by atoms with van der Waals surface area (Å²) in [5, 5.41) is 7.39.